The van der Waals surface area contributed by atoms with Crippen LogP contribution in [0.5, 0.6) is 0 Å². The summed E-state index contributed by atoms with van der Waals surface area (Å²) in [7, 11) is 1.65. The van der Waals surface area contributed by atoms with Gasteiger partial charge in [0.1, 0.15) is 5.54 Å². The molecule has 5 nitrogen and oxygen atoms in total. The molecule has 18 heavy (non-hydrogen) atoms. The number of nitrogens with one attached hydrogen (secondary N) is 1. The van der Waals surface area contributed by atoms with Crippen molar-refractivity contribution in [2.24, 2.45) is 0 Å². The molecule has 0 aliphatic rings. The summed E-state index contributed by atoms with van der Waals surface area (Å²) in [6.07, 6.45) is 0.826. The number of hydrogen-bond donors (Lipinski definition) is 1. The number of ether oxygens (including phenoxy) is 3. The molecule has 0 aliphatic heterocycles. The topological polar surface area (TPSA) is 63.5 Å². The Labute approximate surface area is 110 Å². The van der Waals surface area contributed by atoms with Crippen LogP contribution in [0.3, 0.4) is 0 Å². The van der Waals surface area contributed by atoms with Gasteiger partial charge in [0.05, 0.1) is 25.9 Å². The third-order valence-corrected chi connectivity index (χ3v) is 2.25. The molecule has 0 radical (unpaired) electrons. The van der Waals surface area contributed by atoms with E-state index >= 15 is 0 Å². The van der Waals surface area contributed by atoms with Gasteiger partial charge in [-0.15, -0.1) is 0 Å². The molecule has 1 N–H and O–H groups in total. The lowest BCUT2D eigenvalue weighted by atomic mass is 10.1. The maximum atomic E-state index is 9.10. The maximum Gasteiger partial charge on any atom is 0.127 e. The van der Waals surface area contributed by atoms with E-state index in [1.807, 2.05) is 20.8 Å². The minimum absolute atomic E-state index is 0.260. The predicted molar refractivity (Wildman–Crippen MR) is 70.4 cm³/mol. The van der Waals surface area contributed by atoms with Gasteiger partial charge >= 0.3 is 0 Å². The lowest BCUT2D eigenvalue weighted by Crippen LogP contribution is -2.48. The Bertz CT molecular complexity index is 241. The molecular formula is C13H26N2O3. The van der Waals surface area contributed by atoms with E-state index < -0.39 is 5.54 Å². The summed E-state index contributed by atoms with van der Waals surface area (Å²) in [5.74, 6) is 0. The second-order valence-corrected chi connectivity index (χ2v) is 4.75. The number of methoxy groups -OCH3 is 1. The van der Waals surface area contributed by atoms with Crippen LogP contribution in [0.25, 0.3) is 0 Å². The zero-order valence-corrected chi connectivity index (χ0v) is 12.0. The Balaban J connectivity index is 3.54. The van der Waals surface area contributed by atoms with E-state index in [-0.39, 0.29) is 6.04 Å². The van der Waals surface area contributed by atoms with Crippen molar-refractivity contribution in [3.8, 4) is 6.07 Å². The first-order valence-electron chi connectivity index (χ1n) is 6.37. The Kier molecular flexibility index (Phi) is 9.89. The Hall–Kier alpha value is -0.670. The highest BCUT2D eigenvalue weighted by Gasteiger charge is 2.24. The molecule has 0 heterocycles. The van der Waals surface area contributed by atoms with Crippen LogP contribution in [0, 0.1) is 11.3 Å². The van der Waals surface area contributed by atoms with E-state index in [0.29, 0.717) is 33.0 Å². The number of nitrogens with zero attached hydrogens (tertiary/aromatic N) is 1. The number of hydrogen-bond acceptors (Lipinski definition) is 5. The van der Waals surface area contributed by atoms with Gasteiger partial charge < -0.3 is 14.2 Å². The highest BCUT2D eigenvalue weighted by atomic mass is 16.5. The molecule has 0 amide bonds. The van der Waals surface area contributed by atoms with Crippen LogP contribution < -0.4 is 5.32 Å². The molecule has 1 atom stereocenters. The van der Waals surface area contributed by atoms with Crippen LogP contribution in [0.1, 0.15) is 27.2 Å². The van der Waals surface area contributed by atoms with Gasteiger partial charge in [-0.1, -0.05) is 0 Å². The van der Waals surface area contributed by atoms with Crippen molar-refractivity contribution in [1.29, 1.82) is 5.26 Å². The second-order valence-electron chi connectivity index (χ2n) is 4.75. The zero-order valence-electron chi connectivity index (χ0n) is 12.0. The molecule has 0 aliphatic carbocycles. The van der Waals surface area contributed by atoms with E-state index in [1.165, 1.54) is 0 Å². The summed E-state index contributed by atoms with van der Waals surface area (Å²) in [5.41, 5.74) is -0.620. The van der Waals surface area contributed by atoms with E-state index in [2.05, 4.69) is 11.4 Å². The van der Waals surface area contributed by atoms with E-state index in [9.17, 15) is 0 Å². The molecule has 0 aromatic heterocycles. The summed E-state index contributed by atoms with van der Waals surface area (Å²) in [6.45, 7) is 8.75. The van der Waals surface area contributed by atoms with Gasteiger partial charge in [0, 0.05) is 26.4 Å². The molecule has 0 saturated carbocycles. The van der Waals surface area contributed by atoms with E-state index in [4.69, 9.17) is 19.5 Å². The molecule has 106 valence electrons. The van der Waals surface area contributed by atoms with Crippen molar-refractivity contribution in [1.82, 2.24) is 5.32 Å². The molecule has 0 spiro atoms. The van der Waals surface area contributed by atoms with Crippen LogP contribution in [0.2, 0.25) is 0 Å². The number of rotatable bonds is 11. The summed E-state index contributed by atoms with van der Waals surface area (Å²) >= 11 is 0. The highest BCUT2D eigenvalue weighted by Crippen LogP contribution is 2.04. The first kappa shape index (κ1) is 17.3. The van der Waals surface area contributed by atoms with Crippen molar-refractivity contribution < 1.29 is 14.2 Å². The quantitative estimate of drug-likeness (QED) is 0.567. The van der Waals surface area contributed by atoms with Crippen molar-refractivity contribution in [2.75, 3.05) is 40.1 Å². The molecule has 1 unspecified atom stereocenters. The van der Waals surface area contributed by atoms with E-state index in [0.717, 1.165) is 6.42 Å². The molecule has 0 bridgehead atoms. The van der Waals surface area contributed by atoms with E-state index in [1.54, 1.807) is 7.11 Å². The first-order valence-corrected chi connectivity index (χ1v) is 6.37. The molecular weight excluding hydrogens is 232 g/mol. The van der Waals surface area contributed by atoms with Crippen molar-refractivity contribution >= 4 is 0 Å². The normalized spacial score (nSPS) is 14.4. The van der Waals surface area contributed by atoms with Crippen molar-refractivity contribution in [3.63, 3.8) is 0 Å². The van der Waals surface area contributed by atoms with Gasteiger partial charge in [0.2, 0.25) is 0 Å². The summed E-state index contributed by atoms with van der Waals surface area (Å²) in [6, 6.07) is 2.50. The first-order chi connectivity index (χ1) is 8.54. The molecule has 0 aromatic carbocycles. The van der Waals surface area contributed by atoms with Crippen LogP contribution in [0.4, 0.5) is 0 Å². The van der Waals surface area contributed by atoms with Gasteiger partial charge in [0.15, 0.2) is 0 Å². The Morgan fingerprint density at radius 2 is 1.83 bits per heavy atom. The minimum Gasteiger partial charge on any atom is -0.382 e. The lowest BCUT2D eigenvalue weighted by Gasteiger charge is -2.25. The molecule has 0 fully saturated rings. The van der Waals surface area contributed by atoms with Crippen LogP contribution in [-0.2, 0) is 14.2 Å². The highest BCUT2D eigenvalue weighted by molar-refractivity contribution is 5.04. The largest absolute Gasteiger partial charge is 0.382 e. The molecule has 0 saturated heterocycles. The second kappa shape index (κ2) is 10.3. The Morgan fingerprint density at radius 3 is 2.39 bits per heavy atom. The molecule has 0 rings (SSSR count). The average molecular weight is 258 g/mol. The number of nitriles is 1. The third-order valence-electron chi connectivity index (χ3n) is 2.25. The standard InChI is InChI=1S/C13H26N2O3/c1-12(2)15-13(3,10-14)11-18-7-5-6-17-9-8-16-4/h12,15H,5-9,11H2,1-4H3. The van der Waals surface area contributed by atoms with Crippen LogP contribution >= 0.6 is 0 Å². The fourth-order valence-electron chi connectivity index (χ4n) is 1.53. The third kappa shape index (κ3) is 9.37. The maximum absolute atomic E-state index is 9.10. The summed E-state index contributed by atoms with van der Waals surface area (Å²) in [4.78, 5) is 0. The van der Waals surface area contributed by atoms with Gasteiger partial charge in [-0.05, 0) is 27.2 Å². The summed E-state index contributed by atoms with van der Waals surface area (Å²) < 4.78 is 15.7. The predicted octanol–water partition coefficient (Wildman–Crippen LogP) is 1.34. The Morgan fingerprint density at radius 1 is 1.17 bits per heavy atom. The van der Waals surface area contributed by atoms with Gasteiger partial charge in [-0.2, -0.15) is 5.26 Å². The monoisotopic (exact) mass is 258 g/mol. The van der Waals surface area contributed by atoms with Crippen LogP contribution in [0.15, 0.2) is 0 Å². The SMILES string of the molecule is COCCOCCCOCC(C)(C#N)NC(C)C. The van der Waals surface area contributed by atoms with Crippen molar-refractivity contribution in [3.05, 3.63) is 0 Å². The fourth-order valence-corrected chi connectivity index (χ4v) is 1.53. The van der Waals surface area contributed by atoms with Gasteiger partial charge in [-0.25, -0.2) is 0 Å². The van der Waals surface area contributed by atoms with Gasteiger partial charge in [-0.3, -0.25) is 5.32 Å². The van der Waals surface area contributed by atoms with Crippen molar-refractivity contribution in [2.45, 2.75) is 38.8 Å². The zero-order chi connectivity index (χ0) is 13.9. The summed E-state index contributed by atoms with van der Waals surface area (Å²) in [5, 5.41) is 12.3. The lowest BCUT2D eigenvalue weighted by molar-refractivity contribution is 0.0428. The molecule has 5 heteroatoms. The molecule has 0 aromatic rings. The minimum atomic E-state index is -0.620. The fraction of sp³-hybridized carbons (Fsp3) is 0.923. The van der Waals surface area contributed by atoms with Gasteiger partial charge in [0.25, 0.3) is 0 Å². The smallest absolute Gasteiger partial charge is 0.127 e. The average Bonchev–Trinajstić information content (AvgIpc) is 2.32. The van der Waals surface area contributed by atoms with Crippen LogP contribution in [-0.4, -0.2) is 51.7 Å².